The van der Waals surface area contributed by atoms with Gasteiger partial charge in [-0.1, -0.05) is 19.1 Å². The second-order valence-electron chi connectivity index (χ2n) is 5.89. The number of hydrogen-bond donors (Lipinski definition) is 0. The first-order chi connectivity index (χ1) is 10.3. The first-order valence-electron chi connectivity index (χ1n) is 8.19. The van der Waals surface area contributed by atoms with Gasteiger partial charge in [0.2, 0.25) is 0 Å². The van der Waals surface area contributed by atoms with E-state index in [-0.39, 0.29) is 0 Å². The van der Waals surface area contributed by atoms with Crippen molar-refractivity contribution >= 4 is 6.29 Å². The van der Waals surface area contributed by atoms with Crippen molar-refractivity contribution in [1.29, 1.82) is 0 Å². The Morgan fingerprint density at radius 3 is 2.86 bits per heavy atom. The third-order valence-electron chi connectivity index (χ3n) is 4.40. The lowest BCUT2D eigenvalue weighted by Crippen LogP contribution is -2.33. The van der Waals surface area contributed by atoms with Crippen molar-refractivity contribution in [2.45, 2.75) is 39.0 Å². The van der Waals surface area contributed by atoms with Crippen molar-refractivity contribution in [2.24, 2.45) is 5.92 Å². The molecular formula is C18H27NO2. The highest BCUT2D eigenvalue weighted by Gasteiger charge is 2.17. The molecule has 1 aliphatic rings. The molecule has 1 aliphatic heterocycles. The smallest absolute Gasteiger partial charge is 0.124 e. The van der Waals surface area contributed by atoms with Crippen molar-refractivity contribution in [1.82, 2.24) is 4.90 Å². The molecule has 0 aliphatic carbocycles. The third-order valence-corrected chi connectivity index (χ3v) is 4.40. The van der Waals surface area contributed by atoms with E-state index in [9.17, 15) is 4.79 Å². The Morgan fingerprint density at radius 2 is 2.14 bits per heavy atom. The fraction of sp³-hybridized carbons (Fsp3) is 0.611. The number of ether oxygens (including phenoxy) is 1. The molecule has 1 saturated heterocycles. The van der Waals surface area contributed by atoms with Crippen LogP contribution >= 0.6 is 0 Å². The Bertz CT molecular complexity index is 425. The molecule has 1 heterocycles. The standard InChI is InChI=1S/C18H27NO2/c1-2-19-11-8-16(9-12-19)6-4-14-21-18-7-3-5-17(15-18)10-13-20/h3,5,7,13,15-16H,2,4,6,8-12,14H2,1H3. The third kappa shape index (κ3) is 5.50. The van der Waals surface area contributed by atoms with Crippen LogP contribution in [0.1, 0.15) is 38.2 Å². The van der Waals surface area contributed by atoms with Gasteiger partial charge in [-0.3, -0.25) is 0 Å². The van der Waals surface area contributed by atoms with E-state index in [0.29, 0.717) is 6.42 Å². The van der Waals surface area contributed by atoms with Crippen molar-refractivity contribution in [3.63, 3.8) is 0 Å². The van der Waals surface area contributed by atoms with Gasteiger partial charge in [-0.2, -0.15) is 0 Å². The van der Waals surface area contributed by atoms with Crippen LogP contribution in [0.15, 0.2) is 24.3 Å². The summed E-state index contributed by atoms with van der Waals surface area (Å²) in [6.45, 7) is 6.73. The summed E-state index contributed by atoms with van der Waals surface area (Å²) in [4.78, 5) is 13.1. The Balaban J connectivity index is 1.63. The average Bonchev–Trinajstić information content (AvgIpc) is 2.53. The molecule has 1 aromatic carbocycles. The van der Waals surface area contributed by atoms with Gasteiger partial charge in [0.15, 0.2) is 0 Å². The maximum absolute atomic E-state index is 10.5. The van der Waals surface area contributed by atoms with Crippen LogP contribution in [0.5, 0.6) is 5.75 Å². The number of aldehydes is 1. The molecule has 0 unspecified atom stereocenters. The summed E-state index contributed by atoms with van der Waals surface area (Å²) >= 11 is 0. The molecule has 0 aromatic heterocycles. The van der Waals surface area contributed by atoms with Crippen LogP contribution in [-0.2, 0) is 11.2 Å². The molecule has 0 bridgehead atoms. The van der Waals surface area contributed by atoms with E-state index in [1.54, 1.807) is 0 Å². The molecule has 2 rings (SSSR count). The summed E-state index contributed by atoms with van der Waals surface area (Å²) in [5, 5.41) is 0. The SMILES string of the molecule is CCN1CCC(CCCOc2cccc(CC=O)c2)CC1. The summed E-state index contributed by atoms with van der Waals surface area (Å²) in [6, 6.07) is 7.85. The molecular weight excluding hydrogens is 262 g/mol. The van der Waals surface area contributed by atoms with Crippen LogP contribution in [0, 0.1) is 5.92 Å². The largest absolute Gasteiger partial charge is 0.494 e. The molecule has 0 saturated carbocycles. The normalized spacial score (nSPS) is 16.8. The van der Waals surface area contributed by atoms with Crippen molar-refractivity contribution in [3.8, 4) is 5.75 Å². The molecule has 1 aromatic rings. The lowest BCUT2D eigenvalue weighted by molar-refractivity contribution is -0.107. The lowest BCUT2D eigenvalue weighted by Gasteiger charge is -2.30. The van der Waals surface area contributed by atoms with Gasteiger partial charge in [0.25, 0.3) is 0 Å². The minimum absolute atomic E-state index is 0.465. The van der Waals surface area contributed by atoms with Gasteiger partial charge in [0, 0.05) is 6.42 Å². The van der Waals surface area contributed by atoms with Gasteiger partial charge in [-0.15, -0.1) is 0 Å². The number of hydrogen-bond acceptors (Lipinski definition) is 3. The molecule has 0 amide bonds. The predicted octanol–water partition coefficient (Wildman–Crippen LogP) is 3.32. The summed E-state index contributed by atoms with van der Waals surface area (Å²) in [6.07, 6.45) is 6.46. The Kier molecular flexibility index (Phi) is 6.74. The zero-order chi connectivity index (χ0) is 14.9. The van der Waals surface area contributed by atoms with Crippen molar-refractivity contribution in [2.75, 3.05) is 26.2 Å². The number of carbonyl (C=O) groups is 1. The van der Waals surface area contributed by atoms with Crippen LogP contribution in [0.25, 0.3) is 0 Å². The molecule has 0 radical (unpaired) electrons. The van der Waals surface area contributed by atoms with Crippen LogP contribution in [0.4, 0.5) is 0 Å². The number of likely N-dealkylation sites (tertiary alicyclic amines) is 1. The van der Waals surface area contributed by atoms with Gasteiger partial charge < -0.3 is 14.4 Å². The molecule has 0 atom stereocenters. The van der Waals surface area contributed by atoms with E-state index in [1.165, 1.54) is 38.9 Å². The quantitative estimate of drug-likeness (QED) is 0.543. The fourth-order valence-electron chi connectivity index (χ4n) is 3.01. The number of rotatable bonds is 8. The molecule has 116 valence electrons. The number of piperidine rings is 1. The Morgan fingerprint density at radius 1 is 1.33 bits per heavy atom. The molecule has 1 fully saturated rings. The maximum Gasteiger partial charge on any atom is 0.124 e. The molecule has 3 heteroatoms. The first kappa shape index (κ1) is 16.0. The van der Waals surface area contributed by atoms with Crippen LogP contribution in [0.2, 0.25) is 0 Å². The monoisotopic (exact) mass is 289 g/mol. The van der Waals surface area contributed by atoms with E-state index in [2.05, 4.69) is 11.8 Å². The average molecular weight is 289 g/mol. The number of benzene rings is 1. The zero-order valence-corrected chi connectivity index (χ0v) is 13.1. The highest BCUT2D eigenvalue weighted by atomic mass is 16.5. The van der Waals surface area contributed by atoms with Gasteiger partial charge in [0.05, 0.1) is 6.61 Å². The van der Waals surface area contributed by atoms with Gasteiger partial charge in [-0.25, -0.2) is 0 Å². The summed E-state index contributed by atoms with van der Waals surface area (Å²) in [5.74, 6) is 1.76. The minimum Gasteiger partial charge on any atom is -0.494 e. The molecule has 0 N–H and O–H groups in total. The predicted molar refractivity (Wildman–Crippen MR) is 85.8 cm³/mol. The lowest BCUT2D eigenvalue weighted by atomic mass is 9.92. The van der Waals surface area contributed by atoms with E-state index in [0.717, 1.165) is 36.5 Å². The Labute approximate surface area is 128 Å². The van der Waals surface area contributed by atoms with Crippen LogP contribution < -0.4 is 4.74 Å². The molecule has 3 nitrogen and oxygen atoms in total. The fourth-order valence-corrected chi connectivity index (χ4v) is 3.01. The maximum atomic E-state index is 10.5. The van der Waals surface area contributed by atoms with E-state index in [4.69, 9.17) is 4.74 Å². The molecule has 0 spiro atoms. The number of nitrogens with zero attached hydrogens (tertiary/aromatic N) is 1. The van der Waals surface area contributed by atoms with E-state index in [1.807, 2.05) is 24.3 Å². The molecule has 21 heavy (non-hydrogen) atoms. The second kappa shape index (κ2) is 8.83. The van der Waals surface area contributed by atoms with Gasteiger partial charge >= 0.3 is 0 Å². The van der Waals surface area contributed by atoms with Crippen LogP contribution in [0.3, 0.4) is 0 Å². The van der Waals surface area contributed by atoms with E-state index < -0.39 is 0 Å². The topological polar surface area (TPSA) is 29.5 Å². The highest BCUT2D eigenvalue weighted by molar-refractivity contribution is 5.55. The summed E-state index contributed by atoms with van der Waals surface area (Å²) in [7, 11) is 0. The number of carbonyl (C=O) groups excluding carboxylic acids is 1. The van der Waals surface area contributed by atoms with Crippen molar-refractivity contribution < 1.29 is 9.53 Å². The van der Waals surface area contributed by atoms with E-state index >= 15 is 0 Å². The first-order valence-corrected chi connectivity index (χ1v) is 8.19. The summed E-state index contributed by atoms with van der Waals surface area (Å²) in [5.41, 5.74) is 1.02. The second-order valence-corrected chi connectivity index (χ2v) is 5.89. The summed E-state index contributed by atoms with van der Waals surface area (Å²) < 4.78 is 5.80. The van der Waals surface area contributed by atoms with Crippen LogP contribution in [-0.4, -0.2) is 37.4 Å². The minimum atomic E-state index is 0.465. The van der Waals surface area contributed by atoms with Gasteiger partial charge in [-0.05, 0) is 68.9 Å². The van der Waals surface area contributed by atoms with Gasteiger partial charge in [0.1, 0.15) is 12.0 Å². The van der Waals surface area contributed by atoms with Crippen molar-refractivity contribution in [3.05, 3.63) is 29.8 Å². The Hall–Kier alpha value is -1.35. The zero-order valence-electron chi connectivity index (χ0n) is 13.1. The highest BCUT2D eigenvalue weighted by Crippen LogP contribution is 2.22.